The standard InChI is InChI=1S/C8H8BClNO4/c1-14-11(13)8-3-6-5(2-7(8)10)4-15-9(6)12/h2-3,12H,4H2,1H3/q+1. The van der Waals surface area contributed by atoms with Crippen LogP contribution in [0.4, 0.5) is 5.69 Å². The van der Waals surface area contributed by atoms with Crippen LogP contribution in [0.2, 0.25) is 5.02 Å². The molecule has 0 bridgehead atoms. The number of nitrogens with zero attached hydrogens (tertiary/aromatic N) is 1. The Kier molecular flexibility index (Phi) is 2.64. The molecule has 1 aliphatic heterocycles. The largest absolute Gasteiger partial charge is 0.492 e. The lowest BCUT2D eigenvalue weighted by atomic mass is 9.79. The number of fused-ring (bicyclic) bond motifs is 1. The van der Waals surface area contributed by atoms with Crippen LogP contribution in [0.1, 0.15) is 5.56 Å². The van der Waals surface area contributed by atoms with E-state index in [0.717, 1.165) is 5.56 Å². The van der Waals surface area contributed by atoms with Crippen molar-refractivity contribution in [1.29, 1.82) is 0 Å². The summed E-state index contributed by atoms with van der Waals surface area (Å²) in [4.78, 5) is 16.0. The van der Waals surface area contributed by atoms with Gasteiger partial charge in [-0.1, -0.05) is 11.6 Å². The lowest BCUT2D eigenvalue weighted by Gasteiger charge is -1.98. The van der Waals surface area contributed by atoms with E-state index in [-0.39, 0.29) is 15.6 Å². The van der Waals surface area contributed by atoms with Crippen LogP contribution in [0.15, 0.2) is 12.1 Å². The second-order valence-corrected chi connectivity index (χ2v) is 3.51. The molecule has 15 heavy (non-hydrogen) atoms. The van der Waals surface area contributed by atoms with Gasteiger partial charge in [-0.2, -0.15) is 0 Å². The zero-order chi connectivity index (χ0) is 11.0. The van der Waals surface area contributed by atoms with Gasteiger partial charge in [0.25, 0.3) is 4.92 Å². The molecule has 0 aliphatic carbocycles. The molecular formula is C8H8BClNO4+. The quantitative estimate of drug-likeness (QED) is 0.592. The van der Waals surface area contributed by atoms with Crippen LogP contribution in [-0.4, -0.2) is 24.2 Å². The summed E-state index contributed by atoms with van der Waals surface area (Å²) in [5.41, 5.74) is 1.48. The maximum atomic E-state index is 11.2. The predicted molar refractivity (Wildman–Crippen MR) is 54.1 cm³/mol. The molecule has 1 aliphatic rings. The van der Waals surface area contributed by atoms with Gasteiger partial charge in [-0.25, -0.2) is 4.84 Å². The summed E-state index contributed by atoms with van der Waals surface area (Å²) in [5.74, 6) is 0. The maximum absolute atomic E-state index is 11.2. The highest BCUT2D eigenvalue weighted by atomic mass is 35.5. The normalized spacial score (nSPS) is 13.9. The molecule has 0 unspecified atom stereocenters. The van der Waals surface area contributed by atoms with Crippen LogP contribution >= 0.6 is 11.6 Å². The molecule has 0 aromatic heterocycles. The zero-order valence-electron chi connectivity index (χ0n) is 7.94. The minimum absolute atomic E-state index is 0.155. The Hall–Kier alpha value is -1.11. The van der Waals surface area contributed by atoms with Gasteiger partial charge in [-0.15, -0.1) is 0 Å². The van der Waals surface area contributed by atoms with Crippen LogP contribution in [0, 0.1) is 4.91 Å². The molecule has 0 saturated carbocycles. The number of benzene rings is 1. The Balaban J connectivity index is 2.50. The van der Waals surface area contributed by atoms with Crippen molar-refractivity contribution >= 4 is 29.9 Å². The van der Waals surface area contributed by atoms with Crippen molar-refractivity contribution in [2.45, 2.75) is 6.61 Å². The summed E-state index contributed by atoms with van der Waals surface area (Å²) >= 11 is 5.87. The molecule has 1 N–H and O–H groups in total. The van der Waals surface area contributed by atoms with E-state index in [1.165, 1.54) is 13.2 Å². The van der Waals surface area contributed by atoms with Crippen LogP contribution in [-0.2, 0) is 16.1 Å². The van der Waals surface area contributed by atoms with E-state index in [1.807, 2.05) is 0 Å². The first-order chi connectivity index (χ1) is 7.13. The molecule has 2 rings (SSSR count). The Labute approximate surface area is 91.2 Å². The van der Waals surface area contributed by atoms with Crippen molar-refractivity contribution < 1.29 is 19.4 Å². The van der Waals surface area contributed by atoms with Gasteiger partial charge < -0.3 is 9.68 Å². The average Bonchev–Trinajstić information content (AvgIpc) is 2.58. The SMILES string of the molecule is CO[N+](=O)c1cc2c(cc1Cl)COB2O. The molecule has 0 fully saturated rings. The molecule has 7 heteroatoms. The third kappa shape index (κ3) is 1.71. The Morgan fingerprint density at radius 1 is 1.67 bits per heavy atom. The highest BCUT2D eigenvalue weighted by molar-refractivity contribution is 6.61. The maximum Gasteiger partial charge on any atom is 0.492 e. The van der Waals surface area contributed by atoms with Crippen LogP contribution in [0.3, 0.4) is 0 Å². The Morgan fingerprint density at radius 3 is 3.07 bits per heavy atom. The van der Waals surface area contributed by atoms with Gasteiger partial charge in [0.2, 0.25) is 0 Å². The zero-order valence-corrected chi connectivity index (χ0v) is 8.69. The molecule has 78 valence electrons. The smallest absolute Gasteiger partial charge is 0.423 e. The first-order valence-electron chi connectivity index (χ1n) is 4.27. The van der Waals surface area contributed by atoms with Gasteiger partial charge >= 0.3 is 12.8 Å². The molecule has 0 radical (unpaired) electrons. The minimum atomic E-state index is -0.999. The fourth-order valence-electron chi connectivity index (χ4n) is 1.47. The fourth-order valence-corrected chi connectivity index (χ4v) is 1.73. The van der Waals surface area contributed by atoms with E-state index >= 15 is 0 Å². The van der Waals surface area contributed by atoms with Gasteiger partial charge in [0.1, 0.15) is 5.02 Å². The van der Waals surface area contributed by atoms with E-state index in [4.69, 9.17) is 16.3 Å². The van der Waals surface area contributed by atoms with Crippen LogP contribution in [0.25, 0.3) is 0 Å². The van der Waals surface area contributed by atoms with E-state index in [1.54, 1.807) is 6.07 Å². The van der Waals surface area contributed by atoms with Crippen molar-refractivity contribution in [3.8, 4) is 0 Å². The third-order valence-electron chi connectivity index (χ3n) is 2.23. The number of halogens is 1. The molecular weight excluding hydrogens is 220 g/mol. The summed E-state index contributed by atoms with van der Waals surface area (Å²) in [6.07, 6.45) is 0. The van der Waals surface area contributed by atoms with Gasteiger partial charge in [0.05, 0.1) is 11.5 Å². The molecule has 0 spiro atoms. The van der Waals surface area contributed by atoms with E-state index < -0.39 is 7.12 Å². The van der Waals surface area contributed by atoms with Gasteiger partial charge in [0, 0.05) is 6.07 Å². The Bertz CT molecular complexity index is 425. The summed E-state index contributed by atoms with van der Waals surface area (Å²) < 4.78 is 4.98. The van der Waals surface area contributed by atoms with Crippen molar-refractivity contribution in [3.63, 3.8) is 0 Å². The van der Waals surface area contributed by atoms with E-state index in [2.05, 4.69) is 4.84 Å². The topological polar surface area (TPSA) is 58.8 Å². The van der Waals surface area contributed by atoms with Crippen molar-refractivity contribution in [2.24, 2.45) is 0 Å². The fraction of sp³-hybridized carbons (Fsp3) is 0.250. The monoisotopic (exact) mass is 228 g/mol. The number of hydrogen-bond donors (Lipinski definition) is 1. The summed E-state index contributed by atoms with van der Waals surface area (Å²) in [7, 11) is 0.241. The summed E-state index contributed by atoms with van der Waals surface area (Å²) in [6.45, 7) is 0.294. The Morgan fingerprint density at radius 2 is 2.40 bits per heavy atom. The van der Waals surface area contributed by atoms with E-state index in [0.29, 0.717) is 12.1 Å². The van der Waals surface area contributed by atoms with Gasteiger partial charge in [-0.3, -0.25) is 0 Å². The second-order valence-electron chi connectivity index (χ2n) is 3.11. The van der Waals surface area contributed by atoms with Gasteiger partial charge in [-0.05, 0) is 17.1 Å². The molecule has 5 nitrogen and oxygen atoms in total. The lowest BCUT2D eigenvalue weighted by Crippen LogP contribution is -2.28. The molecule has 1 aromatic rings. The molecule has 1 aromatic carbocycles. The highest BCUT2D eigenvalue weighted by Gasteiger charge is 2.32. The first-order valence-corrected chi connectivity index (χ1v) is 4.64. The second kappa shape index (κ2) is 3.81. The molecule has 0 atom stereocenters. The van der Waals surface area contributed by atoms with Crippen LogP contribution in [0.5, 0.6) is 0 Å². The predicted octanol–water partition coefficient (Wildman–Crippen LogP) is 0.530. The lowest BCUT2D eigenvalue weighted by molar-refractivity contribution is -0.736. The first kappa shape index (κ1) is 10.4. The minimum Gasteiger partial charge on any atom is -0.423 e. The summed E-state index contributed by atoms with van der Waals surface area (Å²) in [5, 5.41) is 9.69. The van der Waals surface area contributed by atoms with Crippen molar-refractivity contribution in [3.05, 3.63) is 27.6 Å². The third-order valence-corrected chi connectivity index (χ3v) is 2.54. The average molecular weight is 228 g/mol. The van der Waals surface area contributed by atoms with Crippen molar-refractivity contribution in [1.82, 2.24) is 0 Å². The molecule has 1 heterocycles. The number of rotatable bonds is 2. The van der Waals surface area contributed by atoms with E-state index in [9.17, 15) is 9.93 Å². The molecule has 0 amide bonds. The highest BCUT2D eigenvalue weighted by Crippen LogP contribution is 2.26. The van der Waals surface area contributed by atoms with Crippen LogP contribution < -0.4 is 5.46 Å². The number of hydrogen-bond acceptors (Lipinski definition) is 4. The molecule has 0 saturated heterocycles. The van der Waals surface area contributed by atoms with Crippen molar-refractivity contribution in [2.75, 3.05) is 7.11 Å². The summed E-state index contributed by atoms with van der Waals surface area (Å²) in [6, 6.07) is 3.05. The van der Waals surface area contributed by atoms with Gasteiger partial charge in [0.15, 0.2) is 7.11 Å².